The largest absolute Gasteiger partial charge is 0.479 e. The number of nitrogen functional groups attached to an aromatic ring is 1. The van der Waals surface area contributed by atoms with Gasteiger partial charge in [0.25, 0.3) is 0 Å². The van der Waals surface area contributed by atoms with Crippen molar-refractivity contribution in [2.45, 2.75) is 12.8 Å². The molecule has 33 heavy (non-hydrogen) atoms. The molecule has 0 bridgehead atoms. The number of rotatable bonds is 7. The third-order valence-electron chi connectivity index (χ3n) is 5.03. The van der Waals surface area contributed by atoms with E-state index in [0.29, 0.717) is 23.3 Å². The monoisotopic (exact) mass is 447 g/mol. The number of amides is 1. The number of nitrogens with one attached hydrogen (secondary N) is 2. The summed E-state index contributed by atoms with van der Waals surface area (Å²) in [5.41, 5.74) is 8.09. The Balaban J connectivity index is 1.69. The van der Waals surface area contributed by atoms with E-state index in [1.54, 1.807) is 35.3 Å². The first-order chi connectivity index (χ1) is 15.9. The number of nitrogens with zero attached hydrogens (tertiary/aromatic N) is 2. The number of carboxylic acid groups (broad SMARTS) is 1. The molecular formula is C24H25N5O4. The Morgan fingerprint density at radius 2 is 2.00 bits per heavy atom. The lowest BCUT2D eigenvalue weighted by molar-refractivity contribution is -0.142. The van der Waals surface area contributed by atoms with E-state index in [1.165, 1.54) is 0 Å². The van der Waals surface area contributed by atoms with Gasteiger partial charge >= 0.3 is 5.97 Å². The molecule has 2 aliphatic rings. The molecule has 3 rings (SSSR count). The van der Waals surface area contributed by atoms with E-state index < -0.39 is 18.5 Å². The van der Waals surface area contributed by atoms with Gasteiger partial charge in [-0.05, 0) is 54.4 Å². The number of hydrogen-bond acceptors (Lipinski definition) is 6. The number of carbonyl (C=O) groups is 2. The van der Waals surface area contributed by atoms with Gasteiger partial charge in [-0.3, -0.25) is 10.2 Å². The molecule has 0 saturated carbocycles. The fourth-order valence-corrected chi connectivity index (χ4v) is 3.37. The number of likely N-dealkylation sites (tertiary alicyclic amines) is 1. The quantitative estimate of drug-likeness (QED) is 0.217. The van der Waals surface area contributed by atoms with Crippen LogP contribution in [0, 0.1) is 23.2 Å². The molecule has 1 saturated heterocycles. The van der Waals surface area contributed by atoms with Crippen molar-refractivity contribution in [3.05, 3.63) is 59.2 Å². The van der Waals surface area contributed by atoms with Gasteiger partial charge < -0.3 is 25.9 Å². The van der Waals surface area contributed by atoms with E-state index >= 15 is 0 Å². The minimum atomic E-state index is -1.15. The smallest absolute Gasteiger partial charge is 0.344 e. The lowest BCUT2D eigenvalue weighted by Gasteiger charge is -2.22. The molecule has 170 valence electrons. The van der Waals surface area contributed by atoms with Crippen LogP contribution in [0.3, 0.4) is 0 Å². The Labute approximate surface area is 191 Å². The molecule has 9 nitrogen and oxygen atoms in total. The van der Waals surface area contributed by atoms with Crippen molar-refractivity contribution in [2.24, 2.45) is 16.8 Å². The number of benzene rings is 1. The Bertz CT molecular complexity index is 1100. The highest BCUT2D eigenvalue weighted by Crippen LogP contribution is 2.24. The third-order valence-corrected chi connectivity index (χ3v) is 5.03. The molecule has 9 heteroatoms. The highest BCUT2D eigenvalue weighted by atomic mass is 16.6. The van der Waals surface area contributed by atoms with Crippen molar-refractivity contribution in [2.75, 3.05) is 31.6 Å². The molecule has 1 aromatic rings. The molecule has 1 aliphatic heterocycles. The summed E-state index contributed by atoms with van der Waals surface area (Å²) in [6.07, 6.45) is 7.22. The maximum Gasteiger partial charge on any atom is 0.344 e. The summed E-state index contributed by atoms with van der Waals surface area (Å²) < 4.78 is 0. The predicted octanol–water partition coefficient (Wildman–Crippen LogP) is 1.73. The Hall–Kier alpha value is -4.28. The van der Waals surface area contributed by atoms with E-state index in [9.17, 15) is 9.59 Å². The predicted molar refractivity (Wildman–Crippen MR) is 125 cm³/mol. The molecule has 0 aromatic heterocycles. The zero-order chi connectivity index (χ0) is 23.6. The number of aliphatic carboxylic acids is 1. The SMILES string of the molecule is N=C(N)c1ccc(NCC#CC2=CC(=C=NOCC(=O)O)C(C(=O)N3CCCC3)C=C2)cc1. The minimum Gasteiger partial charge on any atom is -0.479 e. The van der Waals surface area contributed by atoms with Crippen LogP contribution in [-0.4, -0.2) is 59.8 Å². The Morgan fingerprint density at radius 1 is 1.27 bits per heavy atom. The average Bonchev–Trinajstić information content (AvgIpc) is 3.34. The van der Waals surface area contributed by atoms with Crippen LogP contribution in [0.5, 0.6) is 0 Å². The summed E-state index contributed by atoms with van der Waals surface area (Å²) in [7, 11) is 0. The number of carboxylic acids is 1. The van der Waals surface area contributed by atoms with E-state index in [2.05, 4.69) is 28.2 Å². The second kappa shape index (κ2) is 11.4. The summed E-state index contributed by atoms with van der Waals surface area (Å²) in [5.74, 6) is 6.97. The standard InChI is InChI=1S/C24H25N5O4/c25-23(26)18-6-8-20(9-7-18)27-11-3-4-17-5-10-21(24(32)29-12-1-2-13-29)19(14-17)15-28-33-16-22(30)31/h5-10,14,21,27H,1-2,11-13,16H2,(H3,25,26)(H,30,31). The highest BCUT2D eigenvalue weighted by molar-refractivity contribution is 5.95. The second-order valence-electron chi connectivity index (χ2n) is 7.44. The van der Waals surface area contributed by atoms with Crippen LogP contribution in [0.1, 0.15) is 18.4 Å². The van der Waals surface area contributed by atoms with Crippen molar-refractivity contribution in [3.8, 4) is 11.8 Å². The summed E-state index contributed by atoms with van der Waals surface area (Å²) in [5, 5.41) is 22.8. The van der Waals surface area contributed by atoms with E-state index in [0.717, 1.165) is 31.6 Å². The molecule has 1 heterocycles. The molecule has 1 aromatic carbocycles. The van der Waals surface area contributed by atoms with Crippen LogP contribution in [0.25, 0.3) is 0 Å². The molecule has 1 aliphatic carbocycles. The van der Waals surface area contributed by atoms with Crippen LogP contribution in [-0.2, 0) is 14.4 Å². The molecule has 1 unspecified atom stereocenters. The maximum atomic E-state index is 12.9. The van der Waals surface area contributed by atoms with Crippen LogP contribution >= 0.6 is 0 Å². The van der Waals surface area contributed by atoms with Gasteiger partial charge in [0.15, 0.2) is 0 Å². The van der Waals surface area contributed by atoms with Crippen molar-refractivity contribution >= 4 is 29.3 Å². The summed E-state index contributed by atoms with van der Waals surface area (Å²) in [4.78, 5) is 30.0. The number of allylic oxidation sites excluding steroid dienone is 3. The van der Waals surface area contributed by atoms with Crippen molar-refractivity contribution in [1.82, 2.24) is 4.90 Å². The van der Waals surface area contributed by atoms with Crippen molar-refractivity contribution in [3.63, 3.8) is 0 Å². The van der Waals surface area contributed by atoms with E-state index in [-0.39, 0.29) is 11.7 Å². The lowest BCUT2D eigenvalue weighted by Crippen LogP contribution is -2.34. The van der Waals surface area contributed by atoms with Gasteiger partial charge in [-0.1, -0.05) is 17.9 Å². The summed E-state index contributed by atoms with van der Waals surface area (Å²) >= 11 is 0. The number of nitrogens with two attached hydrogens (primary N) is 1. The van der Waals surface area contributed by atoms with Gasteiger partial charge in [0.2, 0.25) is 12.5 Å². The summed E-state index contributed by atoms with van der Waals surface area (Å²) in [6, 6.07) is 7.15. The molecular weight excluding hydrogens is 422 g/mol. The van der Waals surface area contributed by atoms with Gasteiger partial charge in [0.05, 0.1) is 12.5 Å². The molecule has 1 fully saturated rings. The highest BCUT2D eigenvalue weighted by Gasteiger charge is 2.28. The summed E-state index contributed by atoms with van der Waals surface area (Å²) in [6.45, 7) is 1.24. The molecule has 0 spiro atoms. The lowest BCUT2D eigenvalue weighted by atomic mass is 9.91. The molecule has 1 amide bonds. The van der Waals surface area contributed by atoms with Gasteiger partial charge in [-0.25, -0.2) is 4.79 Å². The third kappa shape index (κ3) is 6.86. The average molecular weight is 447 g/mol. The Morgan fingerprint density at radius 3 is 2.67 bits per heavy atom. The van der Waals surface area contributed by atoms with Crippen LogP contribution in [0.4, 0.5) is 5.69 Å². The fraction of sp³-hybridized carbons (Fsp3) is 0.292. The maximum absolute atomic E-state index is 12.9. The van der Waals surface area contributed by atoms with Gasteiger partial charge in [0, 0.05) is 41.4 Å². The number of hydrogen-bond donors (Lipinski definition) is 4. The minimum absolute atomic E-state index is 0.0136. The van der Waals surface area contributed by atoms with Crippen molar-refractivity contribution < 1.29 is 19.5 Å². The van der Waals surface area contributed by atoms with Gasteiger partial charge in [-0.2, -0.15) is 0 Å². The first-order valence-electron chi connectivity index (χ1n) is 10.5. The van der Waals surface area contributed by atoms with E-state index in [1.807, 2.05) is 12.1 Å². The Kier molecular flexibility index (Phi) is 8.06. The normalized spacial score (nSPS) is 16.7. The second-order valence-corrected chi connectivity index (χ2v) is 7.44. The fourth-order valence-electron chi connectivity index (χ4n) is 3.37. The van der Waals surface area contributed by atoms with Crippen LogP contribution < -0.4 is 11.1 Å². The first-order valence-corrected chi connectivity index (χ1v) is 10.5. The molecule has 0 radical (unpaired) electrons. The number of carbonyl (C=O) groups excluding carboxylic acids is 1. The number of amidine groups is 1. The van der Waals surface area contributed by atoms with Gasteiger partial charge in [-0.15, -0.1) is 0 Å². The van der Waals surface area contributed by atoms with Crippen LogP contribution in [0.2, 0.25) is 0 Å². The topological polar surface area (TPSA) is 141 Å². The van der Waals surface area contributed by atoms with Gasteiger partial charge in [0.1, 0.15) is 5.84 Å². The van der Waals surface area contributed by atoms with Crippen molar-refractivity contribution in [1.29, 1.82) is 5.41 Å². The number of anilines is 1. The zero-order valence-corrected chi connectivity index (χ0v) is 18.0. The molecule has 1 atom stereocenters. The first kappa shape index (κ1) is 23.4. The van der Waals surface area contributed by atoms with Crippen LogP contribution in [0.15, 0.2) is 58.8 Å². The molecule has 5 N–H and O–H groups in total. The van der Waals surface area contributed by atoms with E-state index in [4.69, 9.17) is 21.1 Å². The zero-order valence-electron chi connectivity index (χ0n) is 18.0.